The Kier molecular flexibility index (Phi) is 8.90. The van der Waals surface area contributed by atoms with Gasteiger partial charge in [0.15, 0.2) is 0 Å². The van der Waals surface area contributed by atoms with Crippen LogP contribution in [0.5, 0.6) is 0 Å². The summed E-state index contributed by atoms with van der Waals surface area (Å²) in [6, 6.07) is 5.02. The third-order valence-electron chi connectivity index (χ3n) is 4.93. The second-order valence-electron chi connectivity index (χ2n) is 7.14. The Morgan fingerprint density at radius 1 is 1.19 bits per heavy atom. The van der Waals surface area contributed by atoms with Crippen LogP contribution >= 0.6 is 12.4 Å². The molecule has 0 radical (unpaired) electrons. The molecule has 148 valence electrons. The monoisotopic (exact) mass is 392 g/mol. The smallest absolute Gasteiger partial charge is 0.353 e. The number of piperidine rings is 1. The molecular weight excluding hydrogens is 365 g/mol. The molecule has 0 aliphatic carbocycles. The highest BCUT2D eigenvalue weighted by molar-refractivity contribution is 5.85. The summed E-state index contributed by atoms with van der Waals surface area (Å²) < 4.78 is 37.7. The number of hydrogen-bond donors (Lipinski definition) is 2. The summed E-state index contributed by atoms with van der Waals surface area (Å²) in [5.74, 6) is 0.947. The Bertz CT molecular complexity index is 557. The van der Waals surface area contributed by atoms with Gasteiger partial charge in [0.05, 0.1) is 5.56 Å². The number of halogens is 4. The lowest BCUT2D eigenvalue weighted by Gasteiger charge is -2.28. The quantitative estimate of drug-likeness (QED) is 0.761. The molecule has 1 saturated heterocycles. The first-order valence-corrected chi connectivity index (χ1v) is 8.92. The standard InChI is InChI=1S/C19H27F3N2O.ClH/c1-13(16-7-9-23-10-8-16)11-18(25)24-14(2)12-15-3-5-17(6-4-15)19(20,21)22;/h3-6,13-14,16,23H,7-12H2,1-2H3,(H,24,25);1H. The predicted octanol–water partition coefficient (Wildman–Crippen LogP) is 4.20. The first-order chi connectivity index (χ1) is 11.8. The van der Waals surface area contributed by atoms with Crippen molar-refractivity contribution >= 4 is 18.3 Å². The highest BCUT2D eigenvalue weighted by atomic mass is 35.5. The van der Waals surface area contributed by atoms with E-state index in [1.165, 1.54) is 12.1 Å². The summed E-state index contributed by atoms with van der Waals surface area (Å²) in [4.78, 5) is 12.2. The van der Waals surface area contributed by atoms with Crippen LogP contribution in [0.15, 0.2) is 24.3 Å². The number of amides is 1. The number of hydrogen-bond acceptors (Lipinski definition) is 2. The zero-order valence-electron chi connectivity index (χ0n) is 15.2. The van der Waals surface area contributed by atoms with E-state index in [-0.39, 0.29) is 24.4 Å². The van der Waals surface area contributed by atoms with Crippen LogP contribution in [-0.2, 0) is 17.4 Å². The van der Waals surface area contributed by atoms with E-state index in [9.17, 15) is 18.0 Å². The topological polar surface area (TPSA) is 41.1 Å². The number of benzene rings is 1. The van der Waals surface area contributed by atoms with E-state index in [1.54, 1.807) is 0 Å². The van der Waals surface area contributed by atoms with Crippen molar-refractivity contribution in [1.82, 2.24) is 10.6 Å². The zero-order chi connectivity index (χ0) is 18.4. The van der Waals surface area contributed by atoms with Gasteiger partial charge in [-0.2, -0.15) is 13.2 Å². The van der Waals surface area contributed by atoms with Crippen LogP contribution in [0.3, 0.4) is 0 Å². The fraction of sp³-hybridized carbons (Fsp3) is 0.632. The van der Waals surface area contributed by atoms with Crippen LogP contribution in [-0.4, -0.2) is 25.0 Å². The minimum atomic E-state index is -4.32. The molecule has 1 aromatic carbocycles. The minimum Gasteiger partial charge on any atom is -0.353 e. The third-order valence-corrected chi connectivity index (χ3v) is 4.93. The van der Waals surface area contributed by atoms with Gasteiger partial charge in [-0.05, 0) is 68.8 Å². The van der Waals surface area contributed by atoms with Gasteiger partial charge in [-0.3, -0.25) is 4.79 Å². The van der Waals surface area contributed by atoms with Crippen molar-refractivity contribution in [3.8, 4) is 0 Å². The Morgan fingerprint density at radius 2 is 1.77 bits per heavy atom. The molecule has 0 saturated carbocycles. The molecule has 2 rings (SSSR count). The molecule has 2 unspecified atom stereocenters. The first-order valence-electron chi connectivity index (χ1n) is 8.92. The lowest BCUT2D eigenvalue weighted by molar-refractivity contribution is -0.137. The summed E-state index contributed by atoms with van der Waals surface area (Å²) in [5.41, 5.74) is 0.135. The van der Waals surface area contributed by atoms with Gasteiger partial charge in [-0.15, -0.1) is 12.4 Å². The van der Waals surface area contributed by atoms with E-state index in [4.69, 9.17) is 0 Å². The molecule has 1 aromatic rings. The Morgan fingerprint density at radius 3 is 2.31 bits per heavy atom. The molecule has 0 aromatic heterocycles. The fourth-order valence-electron chi connectivity index (χ4n) is 3.44. The summed E-state index contributed by atoms with van der Waals surface area (Å²) >= 11 is 0. The highest BCUT2D eigenvalue weighted by Gasteiger charge is 2.30. The predicted molar refractivity (Wildman–Crippen MR) is 99.4 cm³/mol. The van der Waals surface area contributed by atoms with E-state index in [2.05, 4.69) is 17.6 Å². The minimum absolute atomic E-state index is 0. The fourth-order valence-corrected chi connectivity index (χ4v) is 3.44. The summed E-state index contributed by atoms with van der Waals surface area (Å²) in [6.45, 7) is 6.03. The normalized spacial score (nSPS) is 17.9. The molecule has 2 N–H and O–H groups in total. The molecule has 3 nitrogen and oxygen atoms in total. The van der Waals surface area contributed by atoms with Gasteiger partial charge < -0.3 is 10.6 Å². The maximum atomic E-state index is 12.6. The number of carbonyl (C=O) groups is 1. The van der Waals surface area contributed by atoms with Crippen LogP contribution in [0.1, 0.15) is 44.2 Å². The second kappa shape index (κ2) is 10.2. The first kappa shape index (κ1) is 22.8. The van der Waals surface area contributed by atoms with Crippen molar-refractivity contribution in [2.45, 2.75) is 51.7 Å². The summed E-state index contributed by atoms with van der Waals surface area (Å²) in [6.07, 6.45) is -1.08. The molecule has 1 heterocycles. The van der Waals surface area contributed by atoms with E-state index >= 15 is 0 Å². The van der Waals surface area contributed by atoms with Crippen LogP contribution in [0, 0.1) is 11.8 Å². The highest BCUT2D eigenvalue weighted by Crippen LogP contribution is 2.29. The largest absolute Gasteiger partial charge is 0.416 e. The van der Waals surface area contributed by atoms with Gasteiger partial charge in [-0.1, -0.05) is 19.1 Å². The van der Waals surface area contributed by atoms with E-state index < -0.39 is 11.7 Å². The van der Waals surface area contributed by atoms with Crippen molar-refractivity contribution in [3.63, 3.8) is 0 Å². The van der Waals surface area contributed by atoms with Crippen LogP contribution < -0.4 is 10.6 Å². The molecule has 1 aliphatic rings. The number of nitrogens with one attached hydrogen (secondary N) is 2. The molecule has 1 aliphatic heterocycles. The third kappa shape index (κ3) is 7.16. The molecule has 0 spiro atoms. The molecule has 1 amide bonds. The lowest BCUT2D eigenvalue weighted by Crippen LogP contribution is -2.37. The maximum Gasteiger partial charge on any atom is 0.416 e. The molecule has 7 heteroatoms. The van der Waals surface area contributed by atoms with Gasteiger partial charge in [0, 0.05) is 12.5 Å². The molecule has 1 fully saturated rings. The molecular formula is C19H28ClF3N2O. The zero-order valence-corrected chi connectivity index (χ0v) is 16.1. The molecule has 2 atom stereocenters. The van der Waals surface area contributed by atoms with Gasteiger partial charge >= 0.3 is 6.18 Å². The Balaban J connectivity index is 0.00000338. The van der Waals surface area contributed by atoms with Gasteiger partial charge in [0.2, 0.25) is 5.91 Å². The van der Waals surface area contributed by atoms with Crippen LogP contribution in [0.4, 0.5) is 13.2 Å². The van der Waals surface area contributed by atoms with E-state index in [0.29, 0.717) is 24.7 Å². The molecule has 26 heavy (non-hydrogen) atoms. The number of carbonyl (C=O) groups excluding carboxylic acids is 1. The maximum absolute atomic E-state index is 12.6. The summed E-state index contributed by atoms with van der Waals surface area (Å²) in [5, 5.41) is 6.29. The second-order valence-corrected chi connectivity index (χ2v) is 7.14. The van der Waals surface area contributed by atoms with Gasteiger partial charge in [0.1, 0.15) is 0 Å². The van der Waals surface area contributed by atoms with Crippen molar-refractivity contribution in [2.24, 2.45) is 11.8 Å². The van der Waals surface area contributed by atoms with Gasteiger partial charge in [-0.25, -0.2) is 0 Å². The number of rotatable bonds is 6. The summed E-state index contributed by atoms with van der Waals surface area (Å²) in [7, 11) is 0. The number of alkyl halides is 3. The van der Waals surface area contributed by atoms with Crippen molar-refractivity contribution in [2.75, 3.05) is 13.1 Å². The average molecular weight is 393 g/mol. The Hall–Kier alpha value is -1.27. The SMILES string of the molecule is CC(Cc1ccc(C(F)(F)F)cc1)NC(=O)CC(C)C1CCNCC1.Cl. The van der Waals surface area contributed by atoms with E-state index in [1.807, 2.05) is 6.92 Å². The van der Waals surface area contributed by atoms with Crippen molar-refractivity contribution < 1.29 is 18.0 Å². The molecule has 0 bridgehead atoms. The van der Waals surface area contributed by atoms with Crippen molar-refractivity contribution in [3.05, 3.63) is 35.4 Å². The van der Waals surface area contributed by atoms with Crippen molar-refractivity contribution in [1.29, 1.82) is 0 Å². The van der Waals surface area contributed by atoms with Crippen LogP contribution in [0.2, 0.25) is 0 Å². The Labute approximate surface area is 159 Å². The van der Waals surface area contributed by atoms with E-state index in [0.717, 1.165) is 43.6 Å². The lowest BCUT2D eigenvalue weighted by atomic mass is 9.84. The van der Waals surface area contributed by atoms with Crippen LogP contribution in [0.25, 0.3) is 0 Å². The average Bonchev–Trinajstić information content (AvgIpc) is 2.55. The van der Waals surface area contributed by atoms with Gasteiger partial charge in [0.25, 0.3) is 0 Å².